The van der Waals surface area contributed by atoms with Crippen LogP contribution in [-0.2, 0) is 6.54 Å². The summed E-state index contributed by atoms with van der Waals surface area (Å²) in [6.07, 6.45) is 4.99. The van der Waals surface area contributed by atoms with Crippen LogP contribution in [0.4, 0.5) is 5.82 Å². The molecule has 112 valence electrons. The molecular formula is C15H27N5. The fourth-order valence-corrected chi connectivity index (χ4v) is 2.61. The van der Waals surface area contributed by atoms with Gasteiger partial charge < -0.3 is 15.1 Å². The Morgan fingerprint density at radius 2 is 2.10 bits per heavy atom. The molecule has 0 aromatic carbocycles. The van der Waals surface area contributed by atoms with Gasteiger partial charge >= 0.3 is 0 Å². The fourth-order valence-electron chi connectivity index (χ4n) is 2.61. The lowest BCUT2D eigenvalue weighted by Crippen LogP contribution is -2.38. The average Bonchev–Trinajstić information content (AvgIpc) is 2.58. The maximum atomic E-state index is 4.60. The van der Waals surface area contributed by atoms with Gasteiger partial charge in [0.15, 0.2) is 0 Å². The third kappa shape index (κ3) is 4.15. The highest BCUT2D eigenvalue weighted by molar-refractivity contribution is 5.37. The molecule has 1 unspecified atom stereocenters. The predicted octanol–water partition coefficient (Wildman–Crippen LogP) is 1.50. The number of rotatable bonds is 4. The van der Waals surface area contributed by atoms with E-state index in [1.54, 1.807) is 0 Å². The Labute approximate surface area is 122 Å². The van der Waals surface area contributed by atoms with Gasteiger partial charge in [-0.3, -0.25) is 4.98 Å². The maximum absolute atomic E-state index is 4.60. The molecule has 0 radical (unpaired) electrons. The normalized spacial score (nSPS) is 21.2. The highest BCUT2D eigenvalue weighted by Crippen LogP contribution is 2.16. The minimum atomic E-state index is 0.470. The molecule has 0 saturated carbocycles. The number of nitrogens with one attached hydrogen (secondary N) is 1. The Bertz CT molecular complexity index is 403. The van der Waals surface area contributed by atoms with Crippen molar-refractivity contribution in [3.05, 3.63) is 18.1 Å². The van der Waals surface area contributed by atoms with Gasteiger partial charge in [0.1, 0.15) is 5.82 Å². The second-order valence-electron chi connectivity index (χ2n) is 6.06. The van der Waals surface area contributed by atoms with Gasteiger partial charge in [-0.1, -0.05) is 13.8 Å². The lowest BCUT2D eigenvalue weighted by atomic mass is 10.2. The SMILES string of the molecule is CC(C)NCc1cnc(N2CCCN(C)CC2C)cn1. The Hall–Kier alpha value is -1.20. The number of nitrogens with zero attached hydrogens (tertiary/aromatic N) is 4. The van der Waals surface area contributed by atoms with Gasteiger partial charge in [-0.2, -0.15) is 0 Å². The standard InChI is InChI=1S/C15H27N5/c1-12(2)16-8-14-9-18-15(10-17-14)20-7-5-6-19(4)11-13(20)3/h9-10,12-13,16H,5-8,11H2,1-4H3. The molecule has 1 saturated heterocycles. The van der Waals surface area contributed by atoms with Crippen LogP contribution in [0.2, 0.25) is 0 Å². The van der Waals surface area contributed by atoms with Crippen molar-refractivity contribution in [1.82, 2.24) is 20.2 Å². The summed E-state index contributed by atoms with van der Waals surface area (Å²) in [5, 5.41) is 3.36. The smallest absolute Gasteiger partial charge is 0.147 e. The first kappa shape index (κ1) is 15.2. The third-order valence-corrected chi connectivity index (χ3v) is 3.72. The van der Waals surface area contributed by atoms with Crippen LogP contribution in [0, 0.1) is 0 Å². The lowest BCUT2D eigenvalue weighted by Gasteiger charge is -2.28. The molecule has 1 fully saturated rings. The van der Waals surface area contributed by atoms with Gasteiger partial charge in [0.2, 0.25) is 0 Å². The third-order valence-electron chi connectivity index (χ3n) is 3.72. The zero-order valence-corrected chi connectivity index (χ0v) is 13.1. The highest BCUT2D eigenvalue weighted by atomic mass is 15.3. The molecule has 1 aliphatic rings. The molecule has 1 aromatic heterocycles. The van der Waals surface area contributed by atoms with E-state index in [2.05, 4.69) is 52.9 Å². The van der Waals surface area contributed by atoms with E-state index in [9.17, 15) is 0 Å². The molecule has 1 aliphatic heterocycles. The van der Waals surface area contributed by atoms with Crippen LogP contribution in [0.1, 0.15) is 32.9 Å². The van der Waals surface area contributed by atoms with E-state index in [0.717, 1.165) is 37.7 Å². The van der Waals surface area contributed by atoms with Crippen LogP contribution in [0.3, 0.4) is 0 Å². The molecule has 1 N–H and O–H groups in total. The molecule has 1 atom stereocenters. The molecule has 1 aromatic rings. The van der Waals surface area contributed by atoms with Crippen LogP contribution >= 0.6 is 0 Å². The van der Waals surface area contributed by atoms with Crippen molar-refractivity contribution in [3.8, 4) is 0 Å². The zero-order valence-electron chi connectivity index (χ0n) is 13.1. The van der Waals surface area contributed by atoms with Gasteiger partial charge in [-0.25, -0.2) is 4.98 Å². The van der Waals surface area contributed by atoms with E-state index in [-0.39, 0.29) is 0 Å². The van der Waals surface area contributed by atoms with Crippen LogP contribution < -0.4 is 10.2 Å². The maximum Gasteiger partial charge on any atom is 0.147 e. The van der Waals surface area contributed by atoms with Gasteiger partial charge in [0, 0.05) is 31.7 Å². The van der Waals surface area contributed by atoms with Crippen LogP contribution in [0.5, 0.6) is 0 Å². The second-order valence-corrected chi connectivity index (χ2v) is 6.06. The molecule has 5 nitrogen and oxygen atoms in total. The van der Waals surface area contributed by atoms with Gasteiger partial charge in [-0.15, -0.1) is 0 Å². The molecule has 20 heavy (non-hydrogen) atoms. The van der Waals surface area contributed by atoms with E-state index < -0.39 is 0 Å². The van der Waals surface area contributed by atoms with Crippen molar-refractivity contribution in [3.63, 3.8) is 0 Å². The largest absolute Gasteiger partial charge is 0.351 e. The molecule has 2 heterocycles. The first-order valence-corrected chi connectivity index (χ1v) is 7.55. The Balaban J connectivity index is 2.01. The second kappa shape index (κ2) is 6.99. The highest BCUT2D eigenvalue weighted by Gasteiger charge is 2.20. The summed E-state index contributed by atoms with van der Waals surface area (Å²) in [5.41, 5.74) is 1.00. The minimum absolute atomic E-state index is 0.470. The summed E-state index contributed by atoms with van der Waals surface area (Å²) in [5.74, 6) is 1.00. The molecular weight excluding hydrogens is 250 g/mol. The lowest BCUT2D eigenvalue weighted by molar-refractivity contribution is 0.337. The van der Waals surface area contributed by atoms with E-state index in [0.29, 0.717) is 12.1 Å². The summed E-state index contributed by atoms with van der Waals surface area (Å²) in [6.45, 7) is 10.6. The number of anilines is 1. The van der Waals surface area contributed by atoms with Crippen molar-refractivity contribution in [1.29, 1.82) is 0 Å². The first-order valence-electron chi connectivity index (χ1n) is 7.55. The van der Waals surface area contributed by atoms with Crippen molar-refractivity contribution < 1.29 is 0 Å². The van der Waals surface area contributed by atoms with E-state index in [1.807, 2.05) is 12.4 Å². The van der Waals surface area contributed by atoms with Crippen molar-refractivity contribution in [2.24, 2.45) is 0 Å². The van der Waals surface area contributed by atoms with Crippen LogP contribution in [0.25, 0.3) is 0 Å². The van der Waals surface area contributed by atoms with E-state index >= 15 is 0 Å². The number of hydrogen-bond donors (Lipinski definition) is 1. The Morgan fingerprint density at radius 3 is 2.75 bits per heavy atom. The topological polar surface area (TPSA) is 44.3 Å². The van der Waals surface area contributed by atoms with Crippen molar-refractivity contribution in [2.45, 2.75) is 45.8 Å². The molecule has 0 aliphatic carbocycles. The van der Waals surface area contributed by atoms with Crippen molar-refractivity contribution in [2.75, 3.05) is 31.6 Å². The van der Waals surface area contributed by atoms with Gasteiger partial charge in [-0.05, 0) is 26.9 Å². The average molecular weight is 277 g/mol. The van der Waals surface area contributed by atoms with Gasteiger partial charge in [0.25, 0.3) is 0 Å². The summed E-state index contributed by atoms with van der Waals surface area (Å²) < 4.78 is 0. The molecule has 0 amide bonds. The first-order chi connectivity index (χ1) is 9.56. The number of aromatic nitrogens is 2. The summed E-state index contributed by atoms with van der Waals surface area (Å²) in [6, 6.07) is 0.953. The quantitative estimate of drug-likeness (QED) is 0.903. The van der Waals surface area contributed by atoms with E-state index in [1.165, 1.54) is 6.42 Å². The summed E-state index contributed by atoms with van der Waals surface area (Å²) in [4.78, 5) is 13.9. The zero-order chi connectivity index (χ0) is 14.5. The molecule has 0 spiro atoms. The van der Waals surface area contributed by atoms with Crippen LogP contribution in [0.15, 0.2) is 12.4 Å². The summed E-state index contributed by atoms with van der Waals surface area (Å²) in [7, 11) is 2.19. The molecule has 2 rings (SSSR count). The van der Waals surface area contributed by atoms with Crippen molar-refractivity contribution >= 4 is 5.82 Å². The number of hydrogen-bond acceptors (Lipinski definition) is 5. The molecule has 0 bridgehead atoms. The Kier molecular flexibility index (Phi) is 5.31. The predicted molar refractivity (Wildman–Crippen MR) is 82.9 cm³/mol. The Morgan fingerprint density at radius 1 is 1.30 bits per heavy atom. The van der Waals surface area contributed by atoms with Crippen LogP contribution in [-0.4, -0.2) is 53.6 Å². The molecule has 5 heteroatoms. The monoisotopic (exact) mass is 277 g/mol. The fraction of sp³-hybridized carbons (Fsp3) is 0.733. The number of likely N-dealkylation sites (N-methyl/N-ethyl adjacent to an activating group) is 1. The minimum Gasteiger partial charge on any atom is -0.351 e. The van der Waals surface area contributed by atoms with Gasteiger partial charge in [0.05, 0.1) is 18.1 Å². The van der Waals surface area contributed by atoms with E-state index in [4.69, 9.17) is 0 Å². The summed E-state index contributed by atoms with van der Waals surface area (Å²) >= 11 is 0.